The van der Waals surface area contributed by atoms with Gasteiger partial charge in [0.05, 0.1) is 0 Å². The van der Waals surface area contributed by atoms with Crippen molar-refractivity contribution in [2.75, 3.05) is 5.32 Å². The van der Waals surface area contributed by atoms with Crippen LogP contribution >= 0.6 is 23.1 Å². The van der Waals surface area contributed by atoms with Gasteiger partial charge in [-0.2, -0.15) is 9.36 Å². The molecule has 26 heavy (non-hydrogen) atoms. The van der Waals surface area contributed by atoms with Gasteiger partial charge in [-0.15, -0.1) is 0 Å². The Labute approximate surface area is 159 Å². The van der Waals surface area contributed by atoms with Crippen LogP contribution in [-0.4, -0.2) is 21.4 Å². The molecule has 1 aromatic heterocycles. The lowest BCUT2D eigenvalue weighted by atomic mass is 10.2. The summed E-state index contributed by atoms with van der Waals surface area (Å²) in [6, 6.07) is 11.0. The van der Waals surface area contributed by atoms with Gasteiger partial charge in [0.15, 0.2) is 11.9 Å². The molecule has 0 aliphatic rings. The lowest BCUT2D eigenvalue weighted by Crippen LogP contribution is -2.30. The Morgan fingerprint density at radius 2 is 2.00 bits per heavy atom. The van der Waals surface area contributed by atoms with Crippen LogP contribution in [-0.2, 0) is 4.79 Å². The second-order valence-electron chi connectivity index (χ2n) is 5.59. The highest BCUT2D eigenvalue weighted by Crippen LogP contribution is 2.23. The Bertz CT molecular complexity index is 930. The number of hydrogen-bond donors (Lipinski definition) is 1. The molecule has 2 aromatic carbocycles. The second-order valence-corrected chi connectivity index (χ2v) is 6.75. The largest absolute Gasteiger partial charge is 0.481 e. The highest BCUT2D eigenvalue weighted by atomic mass is 35.5. The molecule has 1 heterocycles. The summed E-state index contributed by atoms with van der Waals surface area (Å²) >= 11 is 7.02. The molecule has 0 saturated carbocycles. The maximum Gasteiger partial charge on any atom is 0.266 e. The first kappa shape index (κ1) is 18.3. The monoisotopic (exact) mass is 391 g/mol. The molecule has 0 bridgehead atoms. The van der Waals surface area contributed by atoms with Crippen molar-refractivity contribution in [3.05, 3.63) is 58.9 Å². The van der Waals surface area contributed by atoms with Gasteiger partial charge in [0.1, 0.15) is 11.6 Å². The van der Waals surface area contributed by atoms with Gasteiger partial charge in [0.25, 0.3) is 5.91 Å². The number of ether oxygens (including phenoxy) is 1. The van der Waals surface area contributed by atoms with E-state index >= 15 is 0 Å². The number of carbonyl (C=O) groups is 1. The van der Waals surface area contributed by atoms with Gasteiger partial charge >= 0.3 is 0 Å². The predicted octanol–water partition coefficient (Wildman–Crippen LogP) is 4.71. The van der Waals surface area contributed by atoms with Crippen LogP contribution in [0, 0.1) is 12.7 Å². The number of aromatic nitrogens is 2. The molecule has 0 radical (unpaired) electrons. The van der Waals surface area contributed by atoms with Crippen molar-refractivity contribution < 1.29 is 13.9 Å². The quantitative estimate of drug-likeness (QED) is 0.684. The van der Waals surface area contributed by atoms with E-state index in [1.165, 1.54) is 12.1 Å². The van der Waals surface area contributed by atoms with Crippen LogP contribution in [0.15, 0.2) is 42.5 Å². The minimum absolute atomic E-state index is 0.332. The number of halogens is 2. The summed E-state index contributed by atoms with van der Waals surface area (Å²) < 4.78 is 22.8. The van der Waals surface area contributed by atoms with Gasteiger partial charge in [-0.05, 0) is 61.9 Å². The van der Waals surface area contributed by atoms with Crippen LogP contribution in [0.5, 0.6) is 5.75 Å². The average Bonchev–Trinajstić information content (AvgIpc) is 3.07. The second kappa shape index (κ2) is 7.80. The molecule has 1 unspecified atom stereocenters. The van der Waals surface area contributed by atoms with E-state index in [1.54, 1.807) is 37.3 Å². The molecule has 1 atom stereocenters. The number of hydrogen-bond acceptors (Lipinski definition) is 5. The molecular formula is C18H15ClFN3O2S. The molecule has 0 fully saturated rings. The number of nitrogens with one attached hydrogen (secondary N) is 1. The third-order valence-electron chi connectivity index (χ3n) is 3.57. The maximum atomic E-state index is 13.0. The Morgan fingerprint density at radius 1 is 1.27 bits per heavy atom. The van der Waals surface area contributed by atoms with Crippen LogP contribution < -0.4 is 10.1 Å². The third-order valence-corrected chi connectivity index (χ3v) is 4.62. The van der Waals surface area contributed by atoms with Crippen molar-refractivity contribution in [2.45, 2.75) is 20.0 Å². The van der Waals surface area contributed by atoms with Crippen LogP contribution in [0.4, 0.5) is 9.52 Å². The Morgan fingerprint density at radius 3 is 2.69 bits per heavy atom. The van der Waals surface area contributed by atoms with E-state index in [0.717, 1.165) is 17.1 Å². The number of aryl methyl sites for hydroxylation is 1. The maximum absolute atomic E-state index is 13.0. The van der Waals surface area contributed by atoms with E-state index in [2.05, 4.69) is 14.7 Å². The summed E-state index contributed by atoms with van der Waals surface area (Å²) in [7, 11) is 0. The molecule has 1 amide bonds. The van der Waals surface area contributed by atoms with E-state index < -0.39 is 6.10 Å². The van der Waals surface area contributed by atoms with E-state index in [-0.39, 0.29) is 11.7 Å². The summed E-state index contributed by atoms with van der Waals surface area (Å²) in [5.41, 5.74) is 1.54. The number of anilines is 1. The van der Waals surface area contributed by atoms with Gasteiger partial charge < -0.3 is 4.74 Å². The Hall–Kier alpha value is -2.51. The van der Waals surface area contributed by atoms with Crippen molar-refractivity contribution >= 4 is 34.2 Å². The first-order valence-corrected chi connectivity index (χ1v) is 8.91. The summed E-state index contributed by atoms with van der Waals surface area (Å²) in [4.78, 5) is 16.5. The fraction of sp³-hybridized carbons (Fsp3) is 0.167. The van der Waals surface area contributed by atoms with E-state index in [1.807, 2.05) is 6.92 Å². The predicted molar refractivity (Wildman–Crippen MR) is 100 cm³/mol. The SMILES string of the molecule is Cc1cc(OC(C)C(=O)Nc2nc(-c3ccc(F)cc3)ns2)ccc1Cl. The number of carbonyl (C=O) groups excluding carboxylic acids is 1. The summed E-state index contributed by atoms with van der Waals surface area (Å²) in [5, 5.41) is 3.65. The Kier molecular flexibility index (Phi) is 5.49. The molecule has 0 spiro atoms. The van der Waals surface area contributed by atoms with E-state index in [0.29, 0.717) is 27.3 Å². The topological polar surface area (TPSA) is 64.1 Å². The molecule has 8 heteroatoms. The highest BCUT2D eigenvalue weighted by Gasteiger charge is 2.17. The third kappa shape index (κ3) is 4.36. The van der Waals surface area contributed by atoms with Gasteiger partial charge in [0.2, 0.25) is 5.13 Å². The first-order valence-electron chi connectivity index (χ1n) is 7.75. The van der Waals surface area contributed by atoms with Crippen molar-refractivity contribution in [1.29, 1.82) is 0 Å². The fourth-order valence-corrected chi connectivity index (χ4v) is 2.86. The Balaban J connectivity index is 1.64. The first-order chi connectivity index (χ1) is 12.4. The van der Waals surface area contributed by atoms with Gasteiger partial charge in [-0.3, -0.25) is 10.1 Å². The van der Waals surface area contributed by atoms with Crippen molar-refractivity contribution in [2.24, 2.45) is 0 Å². The minimum atomic E-state index is -0.728. The summed E-state index contributed by atoms with van der Waals surface area (Å²) in [6.45, 7) is 3.50. The normalized spacial score (nSPS) is 11.8. The molecule has 3 rings (SSSR count). The average molecular weight is 392 g/mol. The summed E-state index contributed by atoms with van der Waals surface area (Å²) in [5.74, 6) is 0.298. The zero-order chi connectivity index (χ0) is 18.7. The number of amides is 1. The van der Waals surface area contributed by atoms with Crippen LogP contribution in [0.2, 0.25) is 5.02 Å². The van der Waals surface area contributed by atoms with Gasteiger partial charge in [-0.1, -0.05) is 11.6 Å². The van der Waals surface area contributed by atoms with E-state index in [9.17, 15) is 9.18 Å². The molecule has 1 N–H and O–H groups in total. The molecule has 0 aliphatic heterocycles. The van der Waals surface area contributed by atoms with Gasteiger partial charge in [0, 0.05) is 22.1 Å². The zero-order valence-electron chi connectivity index (χ0n) is 14.0. The molecule has 134 valence electrons. The van der Waals surface area contributed by atoms with Gasteiger partial charge in [-0.25, -0.2) is 4.39 Å². The van der Waals surface area contributed by atoms with Crippen LogP contribution in [0.1, 0.15) is 12.5 Å². The van der Waals surface area contributed by atoms with Crippen LogP contribution in [0.25, 0.3) is 11.4 Å². The molecular weight excluding hydrogens is 377 g/mol. The van der Waals surface area contributed by atoms with Crippen molar-refractivity contribution in [3.8, 4) is 17.1 Å². The molecule has 5 nitrogen and oxygen atoms in total. The number of benzene rings is 2. The smallest absolute Gasteiger partial charge is 0.266 e. The van der Waals surface area contributed by atoms with Crippen LogP contribution in [0.3, 0.4) is 0 Å². The molecule has 3 aromatic rings. The molecule has 0 aliphatic carbocycles. The fourth-order valence-electron chi connectivity index (χ4n) is 2.15. The lowest BCUT2D eigenvalue weighted by Gasteiger charge is -2.14. The minimum Gasteiger partial charge on any atom is -0.481 e. The highest BCUT2D eigenvalue weighted by molar-refractivity contribution is 7.10. The lowest BCUT2D eigenvalue weighted by molar-refractivity contribution is -0.122. The van der Waals surface area contributed by atoms with Crippen molar-refractivity contribution in [3.63, 3.8) is 0 Å². The zero-order valence-corrected chi connectivity index (χ0v) is 15.6. The number of rotatable bonds is 5. The number of nitrogens with zero attached hydrogens (tertiary/aromatic N) is 2. The van der Waals surface area contributed by atoms with E-state index in [4.69, 9.17) is 16.3 Å². The standard InChI is InChI=1S/C18H15ClFN3O2S/c1-10-9-14(7-8-15(10)19)25-11(2)17(24)22-18-21-16(23-26-18)12-3-5-13(20)6-4-12/h3-9,11H,1-2H3,(H,21,22,23,24). The summed E-state index contributed by atoms with van der Waals surface area (Å²) in [6.07, 6.45) is -0.728. The van der Waals surface area contributed by atoms with Crippen molar-refractivity contribution in [1.82, 2.24) is 9.36 Å². The molecule has 0 saturated heterocycles.